The van der Waals surface area contributed by atoms with Crippen molar-refractivity contribution in [2.45, 2.75) is 13.8 Å². The molecule has 4 nitrogen and oxygen atoms in total. The lowest BCUT2D eigenvalue weighted by atomic mass is 10.3. The average Bonchev–Trinajstić information content (AvgIpc) is 2.11. The highest BCUT2D eigenvalue weighted by Crippen LogP contribution is 1.97. The van der Waals surface area contributed by atoms with Gasteiger partial charge in [0.25, 0.3) is 0 Å². The Hall–Kier alpha value is -0.550. The Morgan fingerprint density at radius 1 is 1.33 bits per heavy atom. The highest BCUT2D eigenvalue weighted by molar-refractivity contribution is 8.93. The van der Waals surface area contributed by atoms with E-state index in [-0.39, 0.29) is 17.0 Å². The van der Waals surface area contributed by atoms with Gasteiger partial charge in [0.2, 0.25) is 0 Å². The van der Waals surface area contributed by atoms with Crippen LogP contribution < -0.4 is 0 Å². The third-order valence-electron chi connectivity index (χ3n) is 1.95. The van der Waals surface area contributed by atoms with E-state index in [1.165, 1.54) is 0 Å². The molecule has 0 aromatic rings. The summed E-state index contributed by atoms with van der Waals surface area (Å²) in [5, 5.41) is 8.70. The van der Waals surface area contributed by atoms with Crippen molar-refractivity contribution in [1.82, 2.24) is 9.80 Å². The first-order valence-corrected chi connectivity index (χ1v) is 4.77. The molecule has 0 aromatic carbocycles. The van der Waals surface area contributed by atoms with E-state index in [0.29, 0.717) is 5.57 Å². The largest absolute Gasteiger partial charge is 0.478 e. The lowest BCUT2D eigenvalue weighted by Crippen LogP contribution is -2.28. The van der Waals surface area contributed by atoms with Gasteiger partial charge in [-0.05, 0) is 27.9 Å². The maximum Gasteiger partial charge on any atom is 0.332 e. The molecule has 0 unspecified atom stereocenters. The molecule has 0 rings (SSSR count). The van der Waals surface area contributed by atoms with Gasteiger partial charge in [-0.3, -0.25) is 0 Å². The minimum atomic E-state index is -0.853. The lowest BCUT2D eigenvalue weighted by Gasteiger charge is -2.21. The van der Waals surface area contributed by atoms with Gasteiger partial charge in [0, 0.05) is 31.4 Å². The molecule has 1 N–H and O–H groups in total. The third-order valence-corrected chi connectivity index (χ3v) is 1.95. The maximum atomic E-state index is 10.6. The molecule has 90 valence electrons. The van der Waals surface area contributed by atoms with Gasteiger partial charge in [0.15, 0.2) is 0 Å². The van der Waals surface area contributed by atoms with Crippen LogP contribution in [0.4, 0.5) is 0 Å². The van der Waals surface area contributed by atoms with Crippen LogP contribution in [0.2, 0.25) is 0 Å². The Morgan fingerprint density at radius 3 is 2.20 bits per heavy atom. The topological polar surface area (TPSA) is 43.8 Å². The Morgan fingerprint density at radius 2 is 1.87 bits per heavy atom. The summed E-state index contributed by atoms with van der Waals surface area (Å²) in [6.45, 7) is 6.24. The van der Waals surface area contributed by atoms with E-state index in [1.54, 1.807) is 13.1 Å². The van der Waals surface area contributed by atoms with E-state index in [9.17, 15) is 4.79 Å². The fraction of sp³-hybridized carbons (Fsp3) is 0.700. The molecule has 0 atom stereocenters. The molecule has 0 bridgehead atoms. The second kappa shape index (κ2) is 8.73. The van der Waals surface area contributed by atoms with Crippen molar-refractivity contribution in [2.75, 3.05) is 33.7 Å². The fourth-order valence-electron chi connectivity index (χ4n) is 0.971. The molecular weight excluding hydrogens is 260 g/mol. The van der Waals surface area contributed by atoms with E-state index in [0.717, 1.165) is 19.6 Å². The molecule has 0 saturated heterocycles. The highest BCUT2D eigenvalue weighted by Gasteiger charge is 2.03. The van der Waals surface area contributed by atoms with E-state index < -0.39 is 5.97 Å². The van der Waals surface area contributed by atoms with Crippen molar-refractivity contribution in [3.63, 3.8) is 0 Å². The molecule has 0 aliphatic heterocycles. The lowest BCUT2D eigenvalue weighted by molar-refractivity contribution is -0.132. The predicted molar refractivity (Wildman–Crippen MR) is 67.5 cm³/mol. The first kappa shape index (κ1) is 16.9. The normalized spacial score (nSPS) is 11.1. The fourth-order valence-corrected chi connectivity index (χ4v) is 0.971. The van der Waals surface area contributed by atoms with E-state index in [2.05, 4.69) is 4.90 Å². The Labute approximate surface area is 102 Å². The van der Waals surface area contributed by atoms with Crippen LogP contribution in [0.5, 0.6) is 0 Å². The maximum absolute atomic E-state index is 10.6. The highest BCUT2D eigenvalue weighted by atomic mass is 79.9. The molecular formula is C10H21BrN2O2. The van der Waals surface area contributed by atoms with Crippen LogP contribution in [0.3, 0.4) is 0 Å². The Kier molecular flexibility index (Phi) is 9.82. The van der Waals surface area contributed by atoms with Crippen molar-refractivity contribution in [1.29, 1.82) is 0 Å². The molecule has 0 fully saturated rings. The van der Waals surface area contributed by atoms with Gasteiger partial charge >= 0.3 is 5.97 Å². The zero-order chi connectivity index (χ0) is 11.1. The molecule has 15 heavy (non-hydrogen) atoms. The van der Waals surface area contributed by atoms with Crippen molar-refractivity contribution < 1.29 is 9.90 Å². The monoisotopic (exact) mass is 280 g/mol. The van der Waals surface area contributed by atoms with E-state index in [1.807, 2.05) is 25.9 Å². The summed E-state index contributed by atoms with van der Waals surface area (Å²) >= 11 is 0. The van der Waals surface area contributed by atoms with Gasteiger partial charge in [-0.1, -0.05) is 0 Å². The first-order chi connectivity index (χ1) is 6.47. The number of hydrogen-bond acceptors (Lipinski definition) is 3. The number of nitrogens with zero attached hydrogens (tertiary/aromatic N) is 2. The number of aliphatic carboxylic acids is 1. The van der Waals surface area contributed by atoms with Gasteiger partial charge in [-0.15, -0.1) is 17.0 Å². The zero-order valence-corrected chi connectivity index (χ0v) is 11.6. The molecule has 0 saturated carbocycles. The quantitative estimate of drug-likeness (QED) is 0.748. The van der Waals surface area contributed by atoms with Gasteiger partial charge in [-0.25, -0.2) is 4.79 Å². The molecule has 0 heterocycles. The molecule has 0 radical (unpaired) electrons. The smallest absolute Gasteiger partial charge is 0.332 e. The Balaban J connectivity index is 0. The van der Waals surface area contributed by atoms with Crippen LogP contribution >= 0.6 is 17.0 Å². The predicted octanol–water partition coefficient (Wildman–Crippen LogP) is 1.44. The van der Waals surface area contributed by atoms with Crippen molar-refractivity contribution in [3.05, 3.63) is 11.8 Å². The van der Waals surface area contributed by atoms with Gasteiger partial charge in [0.1, 0.15) is 0 Å². The van der Waals surface area contributed by atoms with Crippen molar-refractivity contribution in [2.24, 2.45) is 0 Å². The molecule has 0 aliphatic carbocycles. The number of rotatable bonds is 6. The van der Waals surface area contributed by atoms with Crippen LogP contribution in [0.15, 0.2) is 11.8 Å². The summed E-state index contributed by atoms with van der Waals surface area (Å²) in [6.07, 6.45) is 1.70. The van der Waals surface area contributed by atoms with Crippen LogP contribution in [-0.2, 0) is 4.79 Å². The van der Waals surface area contributed by atoms with Crippen LogP contribution in [-0.4, -0.2) is 54.6 Å². The summed E-state index contributed by atoms with van der Waals surface area (Å²) in [5.74, 6) is -0.853. The standard InChI is InChI=1S/C10H20N2O2.BrH/c1-5-12(7-6-11(3)4)8-9(2)10(13)14;/h8H,5-7H2,1-4H3,(H,13,14);1H. The van der Waals surface area contributed by atoms with Gasteiger partial charge in [0.05, 0.1) is 0 Å². The second-order valence-corrected chi connectivity index (χ2v) is 3.55. The van der Waals surface area contributed by atoms with Gasteiger partial charge in [-0.2, -0.15) is 0 Å². The van der Waals surface area contributed by atoms with Gasteiger partial charge < -0.3 is 14.9 Å². The SMILES string of the molecule is Br.CCN(C=C(C)C(=O)O)CCN(C)C. The summed E-state index contributed by atoms with van der Waals surface area (Å²) in [4.78, 5) is 14.7. The number of hydrogen-bond donors (Lipinski definition) is 1. The molecule has 0 aromatic heterocycles. The summed E-state index contributed by atoms with van der Waals surface area (Å²) in [5.41, 5.74) is 0.380. The molecule has 0 amide bonds. The minimum Gasteiger partial charge on any atom is -0.478 e. The minimum absolute atomic E-state index is 0. The summed E-state index contributed by atoms with van der Waals surface area (Å²) in [7, 11) is 4.00. The van der Waals surface area contributed by atoms with Crippen LogP contribution in [0.1, 0.15) is 13.8 Å². The third kappa shape index (κ3) is 8.44. The van der Waals surface area contributed by atoms with E-state index in [4.69, 9.17) is 5.11 Å². The van der Waals surface area contributed by atoms with Crippen LogP contribution in [0, 0.1) is 0 Å². The molecule has 0 spiro atoms. The number of carbonyl (C=O) groups is 1. The van der Waals surface area contributed by atoms with Crippen molar-refractivity contribution >= 4 is 23.0 Å². The number of carboxylic acid groups (broad SMARTS) is 1. The second-order valence-electron chi connectivity index (χ2n) is 3.55. The zero-order valence-electron chi connectivity index (χ0n) is 9.86. The molecule has 5 heteroatoms. The number of carboxylic acids is 1. The summed E-state index contributed by atoms with van der Waals surface area (Å²) < 4.78 is 0. The van der Waals surface area contributed by atoms with E-state index >= 15 is 0 Å². The average molecular weight is 281 g/mol. The first-order valence-electron chi connectivity index (χ1n) is 4.77. The molecule has 0 aliphatic rings. The van der Waals surface area contributed by atoms with Crippen LogP contribution in [0.25, 0.3) is 0 Å². The number of halogens is 1. The van der Waals surface area contributed by atoms with Crippen molar-refractivity contribution in [3.8, 4) is 0 Å². The summed E-state index contributed by atoms with van der Waals surface area (Å²) in [6, 6.07) is 0. The number of likely N-dealkylation sites (N-methyl/N-ethyl adjacent to an activating group) is 2. The Bertz CT molecular complexity index is 217.